The molecule has 0 N–H and O–H groups in total. The van der Waals surface area contributed by atoms with Crippen LogP contribution in [0.5, 0.6) is 0 Å². The van der Waals surface area contributed by atoms with Gasteiger partial charge in [0, 0.05) is 25.5 Å². The van der Waals surface area contributed by atoms with Crippen LogP contribution in [0.2, 0.25) is 0 Å². The third kappa shape index (κ3) is 3.81. The van der Waals surface area contributed by atoms with Gasteiger partial charge in [-0.1, -0.05) is 32.5 Å². The summed E-state index contributed by atoms with van der Waals surface area (Å²) in [6.45, 7) is 8.88. The van der Waals surface area contributed by atoms with E-state index in [9.17, 15) is 9.59 Å². The average Bonchev–Trinajstić information content (AvgIpc) is 2.96. The van der Waals surface area contributed by atoms with E-state index in [0.29, 0.717) is 17.6 Å². The highest BCUT2D eigenvalue weighted by Crippen LogP contribution is 2.37. The van der Waals surface area contributed by atoms with Gasteiger partial charge in [0.2, 0.25) is 5.91 Å². The van der Waals surface area contributed by atoms with E-state index in [-0.39, 0.29) is 22.6 Å². The first-order valence-corrected chi connectivity index (χ1v) is 11.4. The second kappa shape index (κ2) is 7.95. The van der Waals surface area contributed by atoms with Crippen LogP contribution in [0.25, 0.3) is 10.2 Å². The van der Waals surface area contributed by atoms with E-state index in [1.165, 1.54) is 22.2 Å². The molecule has 2 heterocycles. The molecular formula is C20H29N3O2S2. The van der Waals surface area contributed by atoms with Gasteiger partial charge < -0.3 is 4.90 Å². The van der Waals surface area contributed by atoms with Gasteiger partial charge in [0.15, 0.2) is 5.16 Å². The van der Waals surface area contributed by atoms with Gasteiger partial charge in [-0.2, -0.15) is 0 Å². The van der Waals surface area contributed by atoms with Gasteiger partial charge in [-0.3, -0.25) is 14.2 Å². The Bertz CT molecular complexity index is 914. The number of thioether (sulfide) groups is 1. The molecule has 0 spiro atoms. The summed E-state index contributed by atoms with van der Waals surface area (Å²) in [4.78, 5) is 34.6. The molecule has 0 radical (unpaired) electrons. The number of carbonyl (C=O) groups excluding carboxylic acids is 1. The maximum absolute atomic E-state index is 13.3. The monoisotopic (exact) mass is 407 g/mol. The number of nitrogens with zero attached hydrogens (tertiary/aromatic N) is 3. The first-order chi connectivity index (χ1) is 12.7. The lowest BCUT2D eigenvalue weighted by Crippen LogP contribution is -2.35. The molecule has 1 aliphatic carbocycles. The Kier molecular flexibility index (Phi) is 6.01. The Balaban J connectivity index is 2.11. The summed E-state index contributed by atoms with van der Waals surface area (Å²) in [6.07, 6.45) is 3.14. The molecule has 3 rings (SSSR count). The molecule has 0 bridgehead atoms. The summed E-state index contributed by atoms with van der Waals surface area (Å²) in [6, 6.07) is 0. The van der Waals surface area contributed by atoms with E-state index in [2.05, 4.69) is 6.92 Å². The van der Waals surface area contributed by atoms with E-state index in [1.807, 2.05) is 20.8 Å². The van der Waals surface area contributed by atoms with Gasteiger partial charge in [0.1, 0.15) is 4.83 Å². The maximum atomic E-state index is 13.3. The van der Waals surface area contributed by atoms with Crippen molar-refractivity contribution in [1.29, 1.82) is 0 Å². The van der Waals surface area contributed by atoms with Gasteiger partial charge in [-0.15, -0.1) is 11.3 Å². The molecule has 148 valence electrons. The number of hydrogen-bond acceptors (Lipinski definition) is 5. The Morgan fingerprint density at radius 1 is 1.41 bits per heavy atom. The van der Waals surface area contributed by atoms with Crippen LogP contribution in [0.3, 0.4) is 0 Å². The number of carbonyl (C=O) groups is 1. The van der Waals surface area contributed by atoms with Crippen molar-refractivity contribution in [2.24, 2.45) is 11.8 Å². The van der Waals surface area contributed by atoms with Crippen molar-refractivity contribution >= 4 is 39.2 Å². The van der Waals surface area contributed by atoms with Crippen LogP contribution in [-0.4, -0.2) is 39.7 Å². The van der Waals surface area contributed by atoms with Crippen molar-refractivity contribution in [2.45, 2.75) is 63.9 Å². The zero-order valence-corrected chi connectivity index (χ0v) is 18.7. The zero-order valence-electron chi connectivity index (χ0n) is 17.0. The van der Waals surface area contributed by atoms with E-state index in [0.717, 1.165) is 29.5 Å². The molecule has 0 aromatic carbocycles. The molecule has 1 amide bonds. The standard InChI is InChI=1S/C20H29N3O2S2/c1-7-23-18(24)15-13-9-8-12(4)10-14(13)26-17(15)21-20(23)27-16(11(2)3)19(25)22(5)6/h11-12,16H,7-10H2,1-6H3. The summed E-state index contributed by atoms with van der Waals surface area (Å²) in [5, 5.41) is 1.22. The first kappa shape index (κ1) is 20.4. The molecular weight excluding hydrogens is 378 g/mol. The van der Waals surface area contributed by atoms with Gasteiger partial charge >= 0.3 is 0 Å². The van der Waals surface area contributed by atoms with E-state index < -0.39 is 0 Å². The Morgan fingerprint density at radius 2 is 2.11 bits per heavy atom. The van der Waals surface area contributed by atoms with Gasteiger partial charge in [0.05, 0.1) is 10.6 Å². The van der Waals surface area contributed by atoms with Crippen LogP contribution in [0.4, 0.5) is 0 Å². The lowest BCUT2D eigenvalue weighted by Gasteiger charge is -2.23. The van der Waals surface area contributed by atoms with Crippen molar-refractivity contribution in [2.75, 3.05) is 14.1 Å². The predicted molar refractivity (Wildman–Crippen MR) is 114 cm³/mol. The van der Waals surface area contributed by atoms with Crippen LogP contribution < -0.4 is 5.56 Å². The summed E-state index contributed by atoms with van der Waals surface area (Å²) in [5.41, 5.74) is 1.27. The fourth-order valence-electron chi connectivity index (χ4n) is 3.61. The second-order valence-corrected chi connectivity index (χ2v) is 10.2. The third-order valence-corrected chi connectivity index (χ3v) is 7.89. The Morgan fingerprint density at radius 3 is 2.70 bits per heavy atom. The van der Waals surface area contributed by atoms with Crippen LogP contribution in [-0.2, 0) is 24.2 Å². The minimum atomic E-state index is -0.253. The normalized spacial score (nSPS) is 18.0. The summed E-state index contributed by atoms with van der Waals surface area (Å²) >= 11 is 3.10. The predicted octanol–water partition coefficient (Wildman–Crippen LogP) is 3.81. The van der Waals surface area contributed by atoms with Crippen molar-refractivity contribution in [3.8, 4) is 0 Å². The summed E-state index contributed by atoms with van der Waals surface area (Å²) < 4.78 is 1.75. The number of rotatable bonds is 5. The average molecular weight is 408 g/mol. The SMILES string of the molecule is CCn1c(SC(C(=O)N(C)C)C(C)C)nc2sc3c(c2c1=O)CCC(C)C3. The lowest BCUT2D eigenvalue weighted by atomic mass is 9.89. The number of fused-ring (bicyclic) bond motifs is 3. The first-order valence-electron chi connectivity index (χ1n) is 9.67. The van der Waals surface area contributed by atoms with Crippen molar-refractivity contribution in [3.05, 3.63) is 20.8 Å². The Hall–Kier alpha value is -1.34. The van der Waals surface area contributed by atoms with Crippen molar-refractivity contribution < 1.29 is 4.79 Å². The molecule has 0 saturated heterocycles. The minimum absolute atomic E-state index is 0.0526. The van der Waals surface area contributed by atoms with Gasteiger partial charge in [-0.05, 0) is 43.6 Å². The number of aryl methyl sites for hydroxylation is 1. The molecule has 5 nitrogen and oxygen atoms in total. The van der Waals surface area contributed by atoms with Crippen LogP contribution in [0, 0.1) is 11.8 Å². The Labute approximate surface area is 169 Å². The molecule has 0 fully saturated rings. The smallest absolute Gasteiger partial charge is 0.263 e. The van der Waals surface area contributed by atoms with E-state index in [1.54, 1.807) is 34.9 Å². The van der Waals surface area contributed by atoms with Crippen molar-refractivity contribution in [3.63, 3.8) is 0 Å². The highest BCUT2D eigenvalue weighted by Gasteiger charge is 2.29. The van der Waals surface area contributed by atoms with Crippen LogP contribution >= 0.6 is 23.1 Å². The molecule has 2 aromatic rings. The number of amides is 1. The topological polar surface area (TPSA) is 55.2 Å². The highest BCUT2D eigenvalue weighted by molar-refractivity contribution is 8.00. The molecule has 27 heavy (non-hydrogen) atoms. The highest BCUT2D eigenvalue weighted by atomic mass is 32.2. The number of aromatic nitrogens is 2. The fraction of sp³-hybridized carbons (Fsp3) is 0.650. The number of hydrogen-bond donors (Lipinski definition) is 0. The molecule has 0 aliphatic heterocycles. The lowest BCUT2D eigenvalue weighted by molar-refractivity contribution is -0.128. The molecule has 0 saturated carbocycles. The second-order valence-electron chi connectivity index (χ2n) is 7.99. The largest absolute Gasteiger partial charge is 0.348 e. The van der Waals surface area contributed by atoms with Crippen LogP contribution in [0.1, 0.15) is 44.6 Å². The number of thiophene rings is 1. The third-order valence-electron chi connectivity index (χ3n) is 5.22. The quantitative estimate of drug-likeness (QED) is 0.559. The summed E-state index contributed by atoms with van der Waals surface area (Å²) in [5.74, 6) is 0.877. The van der Waals surface area contributed by atoms with E-state index >= 15 is 0 Å². The van der Waals surface area contributed by atoms with Gasteiger partial charge in [0.25, 0.3) is 5.56 Å². The van der Waals surface area contributed by atoms with Crippen molar-refractivity contribution in [1.82, 2.24) is 14.5 Å². The molecule has 1 aliphatic rings. The van der Waals surface area contributed by atoms with Crippen LogP contribution in [0.15, 0.2) is 9.95 Å². The molecule has 7 heteroatoms. The molecule has 2 aromatic heterocycles. The van der Waals surface area contributed by atoms with E-state index in [4.69, 9.17) is 4.98 Å². The van der Waals surface area contributed by atoms with Gasteiger partial charge in [-0.25, -0.2) is 4.98 Å². The summed E-state index contributed by atoms with van der Waals surface area (Å²) in [7, 11) is 3.55. The maximum Gasteiger partial charge on any atom is 0.263 e. The molecule has 2 atom stereocenters. The zero-order chi connectivity index (χ0) is 19.9. The minimum Gasteiger partial charge on any atom is -0.348 e. The fourth-order valence-corrected chi connectivity index (χ4v) is 6.34. The molecule has 2 unspecified atom stereocenters.